The largest absolute Gasteiger partial charge is 0.393 e. The first kappa shape index (κ1) is 11.7. The van der Waals surface area contributed by atoms with Crippen molar-refractivity contribution in [2.75, 3.05) is 17.2 Å². The van der Waals surface area contributed by atoms with E-state index in [0.717, 1.165) is 18.7 Å². The first-order valence-electron chi connectivity index (χ1n) is 5.79. The number of nitrogens with zero attached hydrogens (tertiary/aromatic N) is 2. The molecule has 1 heterocycles. The van der Waals surface area contributed by atoms with Crippen LogP contribution in [-0.2, 0) is 0 Å². The molecule has 2 rings (SSSR count). The van der Waals surface area contributed by atoms with E-state index in [0.29, 0.717) is 12.0 Å². The number of nitro benzene ring substituents is 1. The molecule has 17 heavy (non-hydrogen) atoms. The predicted octanol–water partition coefficient (Wildman–Crippen LogP) is 2.41. The lowest BCUT2D eigenvalue weighted by molar-refractivity contribution is -0.383. The van der Waals surface area contributed by atoms with Crippen LogP contribution in [0.3, 0.4) is 0 Å². The van der Waals surface area contributed by atoms with Crippen LogP contribution in [0.25, 0.3) is 0 Å². The minimum Gasteiger partial charge on any atom is -0.393 e. The van der Waals surface area contributed by atoms with Gasteiger partial charge in [0.25, 0.3) is 5.69 Å². The summed E-state index contributed by atoms with van der Waals surface area (Å²) in [5.41, 5.74) is 6.89. The van der Waals surface area contributed by atoms with Crippen molar-refractivity contribution < 1.29 is 4.92 Å². The first-order chi connectivity index (χ1) is 7.99. The molecular formula is C12H17N3O2. The lowest BCUT2D eigenvalue weighted by atomic mass is 10.1. The minimum atomic E-state index is -0.449. The van der Waals surface area contributed by atoms with Crippen LogP contribution in [-0.4, -0.2) is 17.5 Å². The zero-order chi connectivity index (χ0) is 12.6. The van der Waals surface area contributed by atoms with Gasteiger partial charge in [-0.2, -0.15) is 0 Å². The van der Waals surface area contributed by atoms with E-state index in [1.807, 2.05) is 0 Å². The third kappa shape index (κ3) is 2.18. The third-order valence-corrected chi connectivity index (χ3v) is 3.32. The number of hydrogen-bond acceptors (Lipinski definition) is 4. The molecule has 2 atom stereocenters. The van der Waals surface area contributed by atoms with E-state index in [9.17, 15) is 10.1 Å². The number of hydrogen-bond donors (Lipinski definition) is 1. The number of rotatable bonds is 2. The summed E-state index contributed by atoms with van der Waals surface area (Å²) in [6.45, 7) is 5.37. The molecule has 0 radical (unpaired) electrons. The van der Waals surface area contributed by atoms with Crippen LogP contribution in [0, 0.1) is 16.0 Å². The number of nitrogen functional groups attached to an aromatic ring is 1. The van der Waals surface area contributed by atoms with Gasteiger partial charge in [-0.1, -0.05) is 6.92 Å². The minimum absolute atomic E-state index is 0.0198. The standard InChI is InChI=1S/C12H17N3O2/c1-8-5-9(2)14(7-8)10-3-4-12(15(16)17)11(13)6-10/h3-4,6,8-9H,5,7,13H2,1-2H3. The molecule has 0 amide bonds. The summed E-state index contributed by atoms with van der Waals surface area (Å²) in [6.07, 6.45) is 1.15. The summed E-state index contributed by atoms with van der Waals surface area (Å²) < 4.78 is 0. The fraction of sp³-hybridized carbons (Fsp3) is 0.500. The molecule has 92 valence electrons. The molecule has 1 aromatic rings. The van der Waals surface area contributed by atoms with Crippen molar-refractivity contribution in [3.63, 3.8) is 0 Å². The van der Waals surface area contributed by atoms with Crippen LogP contribution < -0.4 is 10.6 Å². The van der Waals surface area contributed by atoms with E-state index in [4.69, 9.17) is 5.73 Å². The molecule has 1 saturated heterocycles. The average molecular weight is 235 g/mol. The van der Waals surface area contributed by atoms with Crippen LogP contribution in [0.15, 0.2) is 18.2 Å². The predicted molar refractivity (Wildman–Crippen MR) is 68.1 cm³/mol. The molecule has 1 aliphatic rings. The Kier molecular flexibility index (Phi) is 2.92. The summed E-state index contributed by atoms with van der Waals surface area (Å²) in [4.78, 5) is 12.5. The Balaban J connectivity index is 2.29. The van der Waals surface area contributed by atoms with E-state index in [-0.39, 0.29) is 11.4 Å². The maximum absolute atomic E-state index is 10.7. The second kappa shape index (κ2) is 4.24. The molecule has 0 aromatic heterocycles. The fourth-order valence-electron chi connectivity index (χ4n) is 2.55. The van der Waals surface area contributed by atoms with Crippen molar-refractivity contribution in [1.82, 2.24) is 0 Å². The quantitative estimate of drug-likeness (QED) is 0.485. The second-order valence-corrected chi connectivity index (χ2v) is 4.84. The van der Waals surface area contributed by atoms with Crippen LogP contribution in [0.2, 0.25) is 0 Å². The van der Waals surface area contributed by atoms with Crippen molar-refractivity contribution in [2.45, 2.75) is 26.3 Å². The Bertz CT molecular complexity index is 447. The van der Waals surface area contributed by atoms with Crippen LogP contribution >= 0.6 is 0 Å². The van der Waals surface area contributed by atoms with Gasteiger partial charge in [-0.25, -0.2) is 0 Å². The highest BCUT2D eigenvalue weighted by Gasteiger charge is 2.27. The maximum Gasteiger partial charge on any atom is 0.292 e. The summed E-state index contributed by atoms with van der Waals surface area (Å²) in [7, 11) is 0. The van der Waals surface area contributed by atoms with E-state index in [1.54, 1.807) is 12.1 Å². The Hall–Kier alpha value is -1.78. The number of anilines is 2. The van der Waals surface area contributed by atoms with Gasteiger partial charge in [0.15, 0.2) is 0 Å². The molecule has 5 nitrogen and oxygen atoms in total. The molecule has 1 aliphatic heterocycles. The van der Waals surface area contributed by atoms with Crippen molar-refractivity contribution in [3.05, 3.63) is 28.3 Å². The van der Waals surface area contributed by atoms with Gasteiger partial charge in [0.2, 0.25) is 0 Å². The summed E-state index contributed by atoms with van der Waals surface area (Å²) in [5, 5.41) is 10.7. The fourth-order valence-corrected chi connectivity index (χ4v) is 2.55. The average Bonchev–Trinajstić information content (AvgIpc) is 2.57. The van der Waals surface area contributed by atoms with Gasteiger partial charge in [0.1, 0.15) is 5.69 Å². The number of nitro groups is 1. The topological polar surface area (TPSA) is 72.4 Å². The molecule has 0 aliphatic carbocycles. The van der Waals surface area contributed by atoms with Crippen LogP contribution in [0.5, 0.6) is 0 Å². The van der Waals surface area contributed by atoms with E-state index < -0.39 is 4.92 Å². The van der Waals surface area contributed by atoms with Crippen molar-refractivity contribution in [2.24, 2.45) is 5.92 Å². The van der Waals surface area contributed by atoms with Crippen molar-refractivity contribution in [1.29, 1.82) is 0 Å². The van der Waals surface area contributed by atoms with Gasteiger partial charge in [0.05, 0.1) is 4.92 Å². The normalized spacial score (nSPS) is 24.0. The first-order valence-corrected chi connectivity index (χ1v) is 5.79. The lowest BCUT2D eigenvalue weighted by Crippen LogP contribution is -2.26. The zero-order valence-corrected chi connectivity index (χ0v) is 10.1. The van der Waals surface area contributed by atoms with E-state index >= 15 is 0 Å². The lowest BCUT2D eigenvalue weighted by Gasteiger charge is -2.24. The van der Waals surface area contributed by atoms with Crippen LogP contribution in [0.1, 0.15) is 20.3 Å². The highest BCUT2D eigenvalue weighted by Crippen LogP contribution is 2.32. The molecule has 0 bridgehead atoms. The second-order valence-electron chi connectivity index (χ2n) is 4.84. The zero-order valence-electron chi connectivity index (χ0n) is 10.1. The molecule has 5 heteroatoms. The van der Waals surface area contributed by atoms with Gasteiger partial charge < -0.3 is 10.6 Å². The molecular weight excluding hydrogens is 218 g/mol. The Morgan fingerprint density at radius 2 is 2.18 bits per heavy atom. The molecule has 1 aromatic carbocycles. The van der Waals surface area contributed by atoms with Gasteiger partial charge in [-0.05, 0) is 31.4 Å². The smallest absolute Gasteiger partial charge is 0.292 e. The monoisotopic (exact) mass is 235 g/mol. The van der Waals surface area contributed by atoms with E-state index in [2.05, 4.69) is 18.7 Å². The third-order valence-electron chi connectivity index (χ3n) is 3.32. The van der Waals surface area contributed by atoms with Gasteiger partial charge in [-0.15, -0.1) is 0 Å². The maximum atomic E-state index is 10.7. The summed E-state index contributed by atoms with van der Waals surface area (Å²) in [5.74, 6) is 0.654. The highest BCUT2D eigenvalue weighted by atomic mass is 16.6. The van der Waals surface area contributed by atoms with Gasteiger partial charge in [0, 0.05) is 24.3 Å². The van der Waals surface area contributed by atoms with Gasteiger partial charge in [-0.3, -0.25) is 10.1 Å². The Labute approximate surface area is 100 Å². The van der Waals surface area contributed by atoms with Crippen molar-refractivity contribution in [3.8, 4) is 0 Å². The summed E-state index contributed by atoms with van der Waals surface area (Å²) >= 11 is 0. The Morgan fingerprint density at radius 3 is 2.65 bits per heavy atom. The molecule has 1 fully saturated rings. The Morgan fingerprint density at radius 1 is 1.47 bits per heavy atom. The molecule has 0 saturated carbocycles. The summed E-state index contributed by atoms with van der Waals surface area (Å²) in [6, 6.07) is 5.43. The van der Waals surface area contributed by atoms with E-state index in [1.165, 1.54) is 6.07 Å². The molecule has 2 N–H and O–H groups in total. The SMILES string of the molecule is CC1CC(C)N(c2ccc([N+](=O)[O-])c(N)c2)C1. The molecule has 0 spiro atoms. The molecule has 2 unspecified atom stereocenters. The van der Waals surface area contributed by atoms with Gasteiger partial charge >= 0.3 is 0 Å². The van der Waals surface area contributed by atoms with Crippen LogP contribution in [0.4, 0.5) is 17.1 Å². The van der Waals surface area contributed by atoms with Crippen molar-refractivity contribution >= 4 is 17.1 Å². The number of benzene rings is 1. The highest BCUT2D eigenvalue weighted by molar-refractivity contribution is 5.67. The number of nitrogens with two attached hydrogens (primary N) is 1.